The van der Waals surface area contributed by atoms with Crippen molar-refractivity contribution in [1.82, 2.24) is 14.3 Å². The summed E-state index contributed by atoms with van der Waals surface area (Å²) in [5, 5.41) is 4.56. The summed E-state index contributed by atoms with van der Waals surface area (Å²) < 4.78 is 3.61. The van der Waals surface area contributed by atoms with Crippen molar-refractivity contribution in [2.75, 3.05) is 0 Å². The fourth-order valence-corrected chi connectivity index (χ4v) is 3.37. The molecule has 0 radical (unpaired) electrons. The van der Waals surface area contributed by atoms with E-state index < -0.39 is 0 Å². The largest absolute Gasteiger partial charge is 0.346 e. The Morgan fingerprint density at radius 3 is 2.65 bits per heavy atom. The molecule has 0 bridgehead atoms. The van der Waals surface area contributed by atoms with Crippen LogP contribution in [0.4, 0.5) is 0 Å². The normalized spacial score (nSPS) is 21.7. The highest BCUT2D eigenvalue weighted by Gasteiger charge is 2.29. The first kappa shape index (κ1) is 11.9. The van der Waals surface area contributed by atoms with E-state index in [4.69, 9.17) is 0 Å². The second-order valence-corrected chi connectivity index (χ2v) is 6.01. The van der Waals surface area contributed by atoms with Crippen molar-refractivity contribution >= 4 is 0 Å². The molecule has 2 aliphatic rings. The third kappa shape index (κ3) is 1.82. The molecule has 2 heterocycles. The number of hydrogen-bond acceptors (Lipinski definition) is 2. The summed E-state index contributed by atoms with van der Waals surface area (Å²) in [6.07, 6.45) is 5.70. The molecule has 1 atom stereocenters. The Labute approximate surface area is 118 Å². The molecule has 1 aromatic carbocycles. The smallest absolute Gasteiger partial charge is 0.271 e. The SMILES string of the molecule is O=c1n(CC2CCC2)nc2n1[C@H](c1ccccc1)CC2. The third-order valence-corrected chi connectivity index (χ3v) is 4.73. The molecule has 1 saturated carbocycles. The van der Waals surface area contributed by atoms with Gasteiger partial charge in [0.2, 0.25) is 0 Å². The van der Waals surface area contributed by atoms with Crippen LogP contribution in [0.25, 0.3) is 0 Å². The molecule has 4 nitrogen and oxygen atoms in total. The lowest BCUT2D eigenvalue weighted by molar-refractivity contribution is 0.261. The maximum Gasteiger partial charge on any atom is 0.346 e. The highest BCUT2D eigenvalue weighted by molar-refractivity contribution is 5.22. The van der Waals surface area contributed by atoms with Crippen LogP contribution in [0.3, 0.4) is 0 Å². The lowest BCUT2D eigenvalue weighted by Crippen LogP contribution is -2.31. The van der Waals surface area contributed by atoms with Crippen LogP contribution in [-0.2, 0) is 13.0 Å². The summed E-state index contributed by atoms with van der Waals surface area (Å²) in [6.45, 7) is 0.806. The number of benzene rings is 1. The molecule has 4 heteroatoms. The van der Waals surface area contributed by atoms with E-state index >= 15 is 0 Å². The van der Waals surface area contributed by atoms with Gasteiger partial charge in [0.05, 0.1) is 6.04 Å². The minimum Gasteiger partial charge on any atom is -0.271 e. The zero-order chi connectivity index (χ0) is 13.5. The minimum absolute atomic E-state index is 0.0817. The van der Waals surface area contributed by atoms with Crippen LogP contribution in [0.15, 0.2) is 35.1 Å². The van der Waals surface area contributed by atoms with E-state index in [1.54, 1.807) is 4.68 Å². The number of fused-ring (bicyclic) bond motifs is 1. The number of aryl methyl sites for hydroxylation is 1. The summed E-state index contributed by atoms with van der Waals surface area (Å²) in [7, 11) is 0. The maximum absolute atomic E-state index is 12.6. The van der Waals surface area contributed by atoms with Crippen LogP contribution in [0.2, 0.25) is 0 Å². The van der Waals surface area contributed by atoms with Crippen LogP contribution in [0.1, 0.15) is 43.1 Å². The molecule has 20 heavy (non-hydrogen) atoms. The van der Waals surface area contributed by atoms with E-state index in [9.17, 15) is 4.79 Å². The topological polar surface area (TPSA) is 39.8 Å². The quantitative estimate of drug-likeness (QED) is 0.858. The van der Waals surface area contributed by atoms with Gasteiger partial charge in [0.1, 0.15) is 5.82 Å². The van der Waals surface area contributed by atoms with E-state index in [0.29, 0.717) is 5.92 Å². The fourth-order valence-electron chi connectivity index (χ4n) is 3.37. The average Bonchev–Trinajstić information content (AvgIpc) is 2.96. The molecule has 4 rings (SSSR count). The minimum atomic E-state index is 0.0817. The standard InChI is InChI=1S/C16H19N3O/c20-16-18(11-12-5-4-6-12)17-15-10-9-14(19(15)16)13-7-2-1-3-8-13/h1-3,7-8,12,14H,4-6,9-11H2/t14-/m0/s1. The average molecular weight is 269 g/mol. The number of aromatic nitrogens is 3. The molecular formula is C16H19N3O. The van der Waals surface area contributed by atoms with Crippen LogP contribution < -0.4 is 5.69 Å². The van der Waals surface area contributed by atoms with Gasteiger partial charge in [0.15, 0.2) is 0 Å². The molecule has 0 spiro atoms. The van der Waals surface area contributed by atoms with Gasteiger partial charge in [-0.15, -0.1) is 0 Å². The molecule has 0 unspecified atom stereocenters. The first-order valence-electron chi connectivity index (χ1n) is 7.56. The van der Waals surface area contributed by atoms with Crippen molar-refractivity contribution in [2.24, 2.45) is 5.92 Å². The molecule has 1 aliphatic carbocycles. The molecule has 0 amide bonds. The third-order valence-electron chi connectivity index (χ3n) is 4.73. The van der Waals surface area contributed by atoms with Crippen molar-refractivity contribution in [3.05, 3.63) is 52.2 Å². The van der Waals surface area contributed by atoms with Crippen LogP contribution >= 0.6 is 0 Å². The summed E-state index contributed by atoms with van der Waals surface area (Å²) in [4.78, 5) is 12.6. The molecule has 104 valence electrons. The summed E-state index contributed by atoms with van der Waals surface area (Å²) in [6, 6.07) is 10.5. The van der Waals surface area contributed by atoms with Gasteiger partial charge in [-0.3, -0.25) is 4.57 Å². The Bertz CT molecular complexity index is 667. The van der Waals surface area contributed by atoms with Gasteiger partial charge in [-0.1, -0.05) is 36.8 Å². The zero-order valence-electron chi connectivity index (χ0n) is 11.5. The van der Waals surface area contributed by atoms with E-state index in [1.807, 2.05) is 22.8 Å². The van der Waals surface area contributed by atoms with Crippen molar-refractivity contribution < 1.29 is 0 Å². The van der Waals surface area contributed by atoms with Crippen molar-refractivity contribution in [1.29, 1.82) is 0 Å². The molecule has 1 fully saturated rings. The second kappa shape index (κ2) is 4.62. The summed E-state index contributed by atoms with van der Waals surface area (Å²) >= 11 is 0. The fraction of sp³-hybridized carbons (Fsp3) is 0.500. The van der Waals surface area contributed by atoms with Crippen LogP contribution in [-0.4, -0.2) is 14.3 Å². The van der Waals surface area contributed by atoms with Gasteiger partial charge < -0.3 is 0 Å². The maximum atomic E-state index is 12.6. The Morgan fingerprint density at radius 2 is 1.95 bits per heavy atom. The van der Waals surface area contributed by atoms with Crippen molar-refractivity contribution in [2.45, 2.75) is 44.7 Å². The van der Waals surface area contributed by atoms with E-state index in [1.165, 1.54) is 24.8 Å². The molecule has 0 saturated heterocycles. The zero-order valence-corrected chi connectivity index (χ0v) is 11.5. The lowest BCUT2D eigenvalue weighted by atomic mass is 9.85. The van der Waals surface area contributed by atoms with Crippen molar-refractivity contribution in [3.63, 3.8) is 0 Å². The monoisotopic (exact) mass is 269 g/mol. The molecule has 2 aromatic rings. The highest BCUT2D eigenvalue weighted by Crippen LogP contribution is 2.30. The Kier molecular flexibility index (Phi) is 2.76. The Balaban J connectivity index is 1.68. The second-order valence-electron chi connectivity index (χ2n) is 6.01. The van der Waals surface area contributed by atoms with Gasteiger partial charge in [-0.05, 0) is 30.7 Å². The number of nitrogens with zero attached hydrogens (tertiary/aromatic N) is 3. The predicted octanol–water partition coefficient (Wildman–Crippen LogP) is 2.38. The Hall–Kier alpha value is -1.84. The summed E-state index contributed by atoms with van der Waals surface area (Å²) in [5.41, 5.74) is 1.30. The molecule has 1 aromatic heterocycles. The molecular weight excluding hydrogens is 250 g/mol. The van der Waals surface area contributed by atoms with Crippen molar-refractivity contribution in [3.8, 4) is 0 Å². The lowest BCUT2D eigenvalue weighted by Gasteiger charge is -2.24. The highest BCUT2D eigenvalue weighted by atomic mass is 16.2. The van der Waals surface area contributed by atoms with Gasteiger partial charge in [0.25, 0.3) is 0 Å². The molecule has 0 N–H and O–H groups in total. The first-order valence-corrected chi connectivity index (χ1v) is 7.56. The van der Waals surface area contributed by atoms with E-state index in [0.717, 1.165) is 25.2 Å². The van der Waals surface area contributed by atoms with Gasteiger partial charge in [0, 0.05) is 13.0 Å². The number of rotatable bonds is 3. The predicted molar refractivity (Wildman–Crippen MR) is 76.7 cm³/mol. The van der Waals surface area contributed by atoms with Gasteiger partial charge in [-0.2, -0.15) is 5.10 Å². The van der Waals surface area contributed by atoms with Gasteiger partial charge >= 0.3 is 5.69 Å². The first-order chi connectivity index (χ1) is 9.83. The van der Waals surface area contributed by atoms with Crippen LogP contribution in [0, 0.1) is 5.92 Å². The van der Waals surface area contributed by atoms with Crippen LogP contribution in [0.5, 0.6) is 0 Å². The number of hydrogen-bond donors (Lipinski definition) is 0. The van der Waals surface area contributed by atoms with E-state index in [2.05, 4.69) is 17.2 Å². The Morgan fingerprint density at radius 1 is 1.15 bits per heavy atom. The summed E-state index contributed by atoms with van der Waals surface area (Å²) in [5.74, 6) is 1.63. The molecule has 1 aliphatic heterocycles. The van der Waals surface area contributed by atoms with Gasteiger partial charge in [-0.25, -0.2) is 9.48 Å². The van der Waals surface area contributed by atoms with E-state index in [-0.39, 0.29) is 11.7 Å².